The van der Waals surface area contributed by atoms with Crippen LogP contribution in [0.3, 0.4) is 0 Å². The SMILES string of the molecule is CCCCOc1ccc(-c2nnc(SCC(=O)Nc3cc(C(F)(F)F)ccc3Cl)n2CC)cc1. The Labute approximate surface area is 204 Å². The number of carbonyl (C=O) groups is 1. The van der Waals surface area contributed by atoms with Gasteiger partial charge >= 0.3 is 6.18 Å². The van der Waals surface area contributed by atoms with E-state index in [4.69, 9.17) is 16.3 Å². The van der Waals surface area contributed by atoms with E-state index >= 15 is 0 Å². The summed E-state index contributed by atoms with van der Waals surface area (Å²) in [6.45, 7) is 5.27. The first-order valence-corrected chi connectivity index (χ1v) is 12.0. The van der Waals surface area contributed by atoms with Crippen LogP contribution in [0.1, 0.15) is 32.3 Å². The lowest BCUT2D eigenvalue weighted by atomic mass is 10.2. The quantitative estimate of drug-likeness (QED) is 0.246. The summed E-state index contributed by atoms with van der Waals surface area (Å²) in [7, 11) is 0. The van der Waals surface area contributed by atoms with Gasteiger partial charge in [-0.05, 0) is 55.8 Å². The van der Waals surface area contributed by atoms with Crippen molar-refractivity contribution in [3.63, 3.8) is 0 Å². The Morgan fingerprint density at radius 2 is 1.88 bits per heavy atom. The molecule has 0 saturated heterocycles. The van der Waals surface area contributed by atoms with Crippen LogP contribution < -0.4 is 10.1 Å². The number of aromatic nitrogens is 3. The Hall–Kier alpha value is -2.72. The Morgan fingerprint density at radius 1 is 1.15 bits per heavy atom. The molecule has 34 heavy (non-hydrogen) atoms. The minimum absolute atomic E-state index is 0.0208. The molecule has 182 valence electrons. The molecule has 0 atom stereocenters. The second kappa shape index (κ2) is 11.6. The summed E-state index contributed by atoms with van der Waals surface area (Å²) in [6, 6.07) is 10.3. The van der Waals surface area contributed by atoms with Gasteiger partial charge in [0.05, 0.1) is 28.6 Å². The van der Waals surface area contributed by atoms with E-state index in [0.29, 0.717) is 24.1 Å². The molecule has 0 aliphatic heterocycles. The van der Waals surface area contributed by atoms with Crippen LogP contribution in [-0.4, -0.2) is 33.0 Å². The molecule has 1 aromatic heterocycles. The number of carbonyl (C=O) groups excluding carboxylic acids is 1. The maximum absolute atomic E-state index is 12.9. The van der Waals surface area contributed by atoms with Gasteiger partial charge in [-0.25, -0.2) is 0 Å². The van der Waals surface area contributed by atoms with E-state index < -0.39 is 17.6 Å². The van der Waals surface area contributed by atoms with Crippen LogP contribution in [0.25, 0.3) is 11.4 Å². The number of hydrogen-bond donors (Lipinski definition) is 1. The van der Waals surface area contributed by atoms with Gasteiger partial charge in [0.1, 0.15) is 5.75 Å². The summed E-state index contributed by atoms with van der Waals surface area (Å²) in [5, 5.41) is 11.4. The van der Waals surface area contributed by atoms with Gasteiger partial charge < -0.3 is 14.6 Å². The molecule has 1 heterocycles. The number of amides is 1. The van der Waals surface area contributed by atoms with Gasteiger partial charge in [-0.15, -0.1) is 10.2 Å². The van der Waals surface area contributed by atoms with Crippen molar-refractivity contribution < 1.29 is 22.7 Å². The molecule has 6 nitrogen and oxygen atoms in total. The van der Waals surface area contributed by atoms with Crippen molar-refractivity contribution in [2.24, 2.45) is 0 Å². The Balaban J connectivity index is 1.66. The van der Waals surface area contributed by atoms with Gasteiger partial charge in [-0.2, -0.15) is 13.2 Å². The summed E-state index contributed by atoms with van der Waals surface area (Å²) in [4.78, 5) is 12.4. The van der Waals surface area contributed by atoms with Crippen LogP contribution >= 0.6 is 23.4 Å². The van der Waals surface area contributed by atoms with Crippen LogP contribution in [0.5, 0.6) is 5.75 Å². The van der Waals surface area contributed by atoms with Gasteiger partial charge in [0.15, 0.2) is 11.0 Å². The molecule has 0 aliphatic rings. The molecular weight excluding hydrogens is 489 g/mol. The van der Waals surface area contributed by atoms with E-state index in [1.807, 2.05) is 35.8 Å². The fourth-order valence-corrected chi connectivity index (χ4v) is 4.01. The maximum atomic E-state index is 12.9. The Bertz CT molecular complexity index is 1120. The Morgan fingerprint density at radius 3 is 2.53 bits per heavy atom. The van der Waals surface area contributed by atoms with Gasteiger partial charge in [-0.1, -0.05) is 36.7 Å². The fourth-order valence-electron chi connectivity index (χ4n) is 3.04. The molecule has 2 aromatic carbocycles. The second-order valence-electron chi connectivity index (χ2n) is 7.31. The minimum Gasteiger partial charge on any atom is -0.494 e. The number of alkyl halides is 3. The number of nitrogens with zero attached hydrogens (tertiary/aromatic N) is 3. The lowest BCUT2D eigenvalue weighted by Crippen LogP contribution is -2.16. The molecule has 0 saturated carbocycles. The first kappa shape index (κ1) is 25.9. The molecule has 0 bridgehead atoms. The third-order valence-electron chi connectivity index (χ3n) is 4.81. The zero-order valence-electron chi connectivity index (χ0n) is 18.7. The third kappa shape index (κ3) is 6.66. The highest BCUT2D eigenvalue weighted by atomic mass is 35.5. The van der Waals surface area contributed by atoms with Crippen molar-refractivity contribution >= 4 is 35.0 Å². The van der Waals surface area contributed by atoms with Crippen molar-refractivity contribution in [2.45, 2.75) is 44.6 Å². The van der Waals surface area contributed by atoms with Crippen LogP contribution in [0.4, 0.5) is 18.9 Å². The summed E-state index contributed by atoms with van der Waals surface area (Å²) in [5.41, 5.74) is -0.137. The Kier molecular flexibility index (Phi) is 8.84. The van der Waals surface area contributed by atoms with Gasteiger partial charge in [0.25, 0.3) is 0 Å². The van der Waals surface area contributed by atoms with Crippen molar-refractivity contribution in [3.05, 3.63) is 53.1 Å². The summed E-state index contributed by atoms with van der Waals surface area (Å²) in [5.74, 6) is 0.840. The first-order chi connectivity index (χ1) is 16.2. The highest BCUT2D eigenvalue weighted by Gasteiger charge is 2.31. The number of nitrogens with one attached hydrogen (secondary N) is 1. The number of ether oxygens (including phenoxy) is 1. The number of rotatable bonds is 10. The largest absolute Gasteiger partial charge is 0.494 e. The topological polar surface area (TPSA) is 69.0 Å². The van der Waals surface area contributed by atoms with E-state index in [1.54, 1.807) is 0 Å². The van der Waals surface area contributed by atoms with Crippen LogP contribution in [0.2, 0.25) is 5.02 Å². The number of halogens is 4. The normalized spacial score (nSPS) is 11.5. The summed E-state index contributed by atoms with van der Waals surface area (Å²) < 4.78 is 46.4. The highest BCUT2D eigenvalue weighted by molar-refractivity contribution is 7.99. The monoisotopic (exact) mass is 512 g/mol. The molecule has 3 rings (SSSR count). The molecule has 0 unspecified atom stereocenters. The van der Waals surface area contributed by atoms with E-state index in [2.05, 4.69) is 22.4 Å². The third-order valence-corrected chi connectivity index (χ3v) is 6.11. The lowest BCUT2D eigenvalue weighted by molar-refractivity contribution is -0.137. The first-order valence-electron chi connectivity index (χ1n) is 10.7. The zero-order chi connectivity index (χ0) is 24.7. The highest BCUT2D eigenvalue weighted by Crippen LogP contribution is 2.34. The molecule has 3 aromatic rings. The minimum atomic E-state index is -4.54. The van der Waals surface area contributed by atoms with E-state index in [0.717, 1.165) is 54.1 Å². The molecule has 1 amide bonds. The summed E-state index contributed by atoms with van der Waals surface area (Å²) in [6.07, 6.45) is -2.49. The van der Waals surface area contributed by atoms with E-state index in [-0.39, 0.29) is 16.5 Å². The standard InChI is InChI=1S/C23H24ClF3N4O2S/c1-3-5-12-33-17-9-6-15(7-10-17)21-29-30-22(31(21)4-2)34-14-20(32)28-19-13-16(23(25,26)27)8-11-18(19)24/h6-11,13H,3-5,12,14H2,1-2H3,(H,28,32). The predicted molar refractivity (Wildman–Crippen MR) is 127 cm³/mol. The van der Waals surface area contributed by atoms with Crippen LogP contribution in [0.15, 0.2) is 47.6 Å². The zero-order valence-corrected chi connectivity index (χ0v) is 20.2. The van der Waals surface area contributed by atoms with Crippen molar-refractivity contribution in [1.29, 1.82) is 0 Å². The number of benzene rings is 2. The number of anilines is 1. The second-order valence-corrected chi connectivity index (χ2v) is 8.66. The van der Waals surface area contributed by atoms with Gasteiger partial charge in [-0.3, -0.25) is 4.79 Å². The van der Waals surface area contributed by atoms with Crippen molar-refractivity contribution in [2.75, 3.05) is 17.7 Å². The molecule has 0 fully saturated rings. The summed E-state index contributed by atoms with van der Waals surface area (Å²) >= 11 is 7.08. The van der Waals surface area contributed by atoms with Gasteiger partial charge in [0, 0.05) is 12.1 Å². The van der Waals surface area contributed by atoms with Crippen LogP contribution in [0, 0.1) is 0 Å². The number of unbranched alkanes of at least 4 members (excludes halogenated alkanes) is 1. The van der Waals surface area contributed by atoms with Crippen LogP contribution in [-0.2, 0) is 17.5 Å². The van der Waals surface area contributed by atoms with Gasteiger partial charge in [0.2, 0.25) is 5.91 Å². The molecule has 0 radical (unpaired) electrons. The molecular formula is C23H24ClF3N4O2S. The number of hydrogen-bond acceptors (Lipinski definition) is 5. The fraction of sp³-hybridized carbons (Fsp3) is 0.348. The molecule has 11 heteroatoms. The number of thioether (sulfide) groups is 1. The lowest BCUT2D eigenvalue weighted by Gasteiger charge is -2.12. The predicted octanol–water partition coefficient (Wildman–Crippen LogP) is 6.55. The average molecular weight is 513 g/mol. The average Bonchev–Trinajstić information content (AvgIpc) is 3.22. The maximum Gasteiger partial charge on any atom is 0.416 e. The van der Waals surface area contributed by atoms with E-state index in [1.165, 1.54) is 0 Å². The molecule has 0 spiro atoms. The van der Waals surface area contributed by atoms with E-state index in [9.17, 15) is 18.0 Å². The van der Waals surface area contributed by atoms with Crippen molar-refractivity contribution in [3.8, 4) is 17.1 Å². The smallest absolute Gasteiger partial charge is 0.416 e. The molecule has 0 aliphatic carbocycles. The molecule has 1 N–H and O–H groups in total. The van der Waals surface area contributed by atoms with Crippen molar-refractivity contribution in [1.82, 2.24) is 14.8 Å².